The van der Waals surface area contributed by atoms with Gasteiger partial charge in [-0.2, -0.15) is 5.26 Å². The second-order valence-electron chi connectivity index (χ2n) is 6.38. The number of halogens is 1. The van der Waals surface area contributed by atoms with Crippen LogP contribution >= 0.6 is 0 Å². The van der Waals surface area contributed by atoms with Crippen LogP contribution in [0.3, 0.4) is 0 Å². The molecule has 0 saturated heterocycles. The third-order valence-corrected chi connectivity index (χ3v) is 4.65. The zero-order chi connectivity index (χ0) is 21.0. The molecule has 0 saturated carbocycles. The van der Waals surface area contributed by atoms with E-state index in [2.05, 4.69) is 12.6 Å². The molecule has 0 N–H and O–H groups in total. The van der Waals surface area contributed by atoms with Crippen LogP contribution in [0.15, 0.2) is 49.1 Å². The van der Waals surface area contributed by atoms with Gasteiger partial charge in [0.25, 0.3) is 0 Å². The van der Waals surface area contributed by atoms with Gasteiger partial charge >= 0.3 is 5.97 Å². The largest absolute Gasteiger partial charge is 0.467 e. The highest BCUT2D eigenvalue weighted by Crippen LogP contribution is 2.43. The van der Waals surface area contributed by atoms with E-state index >= 15 is 0 Å². The molecular weight excluding hydrogens is 373 g/mol. The Morgan fingerprint density at radius 3 is 2.76 bits per heavy atom. The smallest absolute Gasteiger partial charge is 0.344 e. The molecule has 6 heteroatoms. The van der Waals surface area contributed by atoms with E-state index in [1.54, 1.807) is 13.0 Å². The van der Waals surface area contributed by atoms with Crippen LogP contribution in [-0.4, -0.2) is 26.5 Å². The number of esters is 1. The number of nitriles is 1. The first-order valence-electron chi connectivity index (χ1n) is 9.04. The van der Waals surface area contributed by atoms with E-state index in [1.807, 2.05) is 24.3 Å². The normalized spacial score (nSPS) is 14.6. The van der Waals surface area contributed by atoms with Crippen molar-refractivity contribution in [3.05, 3.63) is 77.1 Å². The van der Waals surface area contributed by atoms with E-state index in [9.17, 15) is 14.4 Å². The molecule has 1 atom stereocenters. The van der Waals surface area contributed by atoms with E-state index in [0.29, 0.717) is 16.7 Å². The van der Waals surface area contributed by atoms with Gasteiger partial charge in [0.1, 0.15) is 17.1 Å². The van der Waals surface area contributed by atoms with E-state index in [-0.39, 0.29) is 30.6 Å². The maximum atomic E-state index is 14.9. The quantitative estimate of drug-likeness (QED) is 0.504. The Balaban J connectivity index is 2.04. The maximum Gasteiger partial charge on any atom is 0.344 e. The van der Waals surface area contributed by atoms with Gasteiger partial charge in [-0.1, -0.05) is 36.9 Å². The van der Waals surface area contributed by atoms with Crippen molar-refractivity contribution in [1.82, 2.24) is 0 Å². The van der Waals surface area contributed by atoms with Crippen LogP contribution in [-0.2, 0) is 9.47 Å². The number of carbonyl (C=O) groups excluding carboxylic acids is 1. The summed E-state index contributed by atoms with van der Waals surface area (Å²) in [6.45, 7) is 5.71. The molecule has 0 amide bonds. The second kappa shape index (κ2) is 8.72. The summed E-state index contributed by atoms with van der Waals surface area (Å²) in [6.07, 6.45) is 1.81. The number of ether oxygens (including phenoxy) is 3. The van der Waals surface area contributed by atoms with Crippen LogP contribution in [0.4, 0.5) is 4.39 Å². The predicted molar refractivity (Wildman–Crippen MR) is 107 cm³/mol. The van der Waals surface area contributed by atoms with Crippen LogP contribution in [0.2, 0.25) is 0 Å². The van der Waals surface area contributed by atoms with E-state index < -0.39 is 11.8 Å². The van der Waals surface area contributed by atoms with Gasteiger partial charge in [0.2, 0.25) is 0 Å². The van der Waals surface area contributed by atoms with Gasteiger partial charge in [-0.3, -0.25) is 0 Å². The highest BCUT2D eigenvalue weighted by molar-refractivity contribution is 5.94. The summed E-state index contributed by atoms with van der Waals surface area (Å²) in [5.74, 6) is -1.86. The average Bonchev–Trinajstić information content (AvgIpc) is 3.10. The van der Waals surface area contributed by atoms with Crippen molar-refractivity contribution in [2.45, 2.75) is 12.8 Å². The molecule has 2 aromatic rings. The number of rotatable bonds is 7. The fraction of sp³-hybridized carbons (Fsp3) is 0.217. The van der Waals surface area contributed by atoms with Crippen molar-refractivity contribution in [3.8, 4) is 11.8 Å². The highest BCUT2D eigenvalue weighted by atomic mass is 19.1. The minimum atomic E-state index is -0.814. The molecule has 0 fully saturated rings. The molecule has 2 aromatic carbocycles. The first-order chi connectivity index (χ1) is 14.0. The van der Waals surface area contributed by atoms with Gasteiger partial charge in [0.05, 0.1) is 18.2 Å². The number of benzene rings is 2. The lowest BCUT2D eigenvalue weighted by Crippen LogP contribution is -2.12. The first-order valence-corrected chi connectivity index (χ1v) is 9.04. The third kappa shape index (κ3) is 3.91. The SMILES string of the molecule is C=C(c1cc(F)c(C(=O)OCC)c(OCOC)c1)C1C=C(C#N)c2ccccc21. The average molecular weight is 393 g/mol. The van der Waals surface area contributed by atoms with Crippen molar-refractivity contribution in [3.63, 3.8) is 0 Å². The van der Waals surface area contributed by atoms with Crippen LogP contribution < -0.4 is 4.74 Å². The van der Waals surface area contributed by atoms with Gasteiger partial charge < -0.3 is 14.2 Å². The standard InChI is InChI=1S/C23H20FNO4/c1-4-28-23(26)22-20(24)10-15(11-21(22)29-13-27-3)14(2)19-9-16(12-25)17-7-5-6-8-18(17)19/h5-11,19H,2,4,13H2,1,3H3. The summed E-state index contributed by atoms with van der Waals surface area (Å²) >= 11 is 0. The molecule has 0 bridgehead atoms. The van der Waals surface area contributed by atoms with Gasteiger partial charge in [0, 0.05) is 13.0 Å². The van der Waals surface area contributed by atoms with E-state index in [0.717, 1.165) is 11.1 Å². The number of nitrogens with zero attached hydrogens (tertiary/aromatic N) is 1. The van der Waals surface area contributed by atoms with Crippen molar-refractivity contribution in [1.29, 1.82) is 5.26 Å². The maximum absolute atomic E-state index is 14.9. The molecule has 0 spiro atoms. The summed E-state index contributed by atoms with van der Waals surface area (Å²) < 4.78 is 30.1. The Labute approximate surface area is 168 Å². The fourth-order valence-electron chi connectivity index (χ4n) is 3.33. The van der Waals surface area contributed by atoms with Crippen molar-refractivity contribution < 1.29 is 23.4 Å². The molecule has 0 radical (unpaired) electrons. The Bertz CT molecular complexity index is 1040. The van der Waals surface area contributed by atoms with Crippen molar-refractivity contribution in [2.24, 2.45) is 0 Å². The molecule has 1 unspecified atom stereocenters. The molecular formula is C23H20FNO4. The number of fused-ring (bicyclic) bond motifs is 1. The Morgan fingerprint density at radius 1 is 1.31 bits per heavy atom. The molecule has 0 aliphatic heterocycles. The zero-order valence-electron chi connectivity index (χ0n) is 16.2. The number of hydrogen-bond acceptors (Lipinski definition) is 5. The van der Waals surface area contributed by atoms with Crippen LogP contribution in [0.5, 0.6) is 5.75 Å². The van der Waals surface area contributed by atoms with Gasteiger partial charge in [-0.15, -0.1) is 0 Å². The molecule has 3 rings (SSSR count). The van der Waals surface area contributed by atoms with E-state index in [4.69, 9.17) is 14.2 Å². The predicted octanol–water partition coefficient (Wildman–Crippen LogP) is 4.70. The summed E-state index contributed by atoms with van der Waals surface area (Å²) in [4.78, 5) is 12.2. The minimum Gasteiger partial charge on any atom is -0.467 e. The topological polar surface area (TPSA) is 68.6 Å². The monoisotopic (exact) mass is 393 g/mol. The van der Waals surface area contributed by atoms with Crippen molar-refractivity contribution >= 4 is 17.1 Å². The van der Waals surface area contributed by atoms with Gasteiger partial charge in [0.15, 0.2) is 6.79 Å². The number of hydrogen-bond donors (Lipinski definition) is 0. The zero-order valence-corrected chi connectivity index (χ0v) is 16.2. The number of methoxy groups -OCH3 is 1. The molecule has 148 valence electrons. The molecule has 1 aliphatic carbocycles. The van der Waals surface area contributed by atoms with Crippen LogP contribution in [0, 0.1) is 17.1 Å². The lowest BCUT2D eigenvalue weighted by molar-refractivity contribution is 0.0431. The molecule has 1 aliphatic rings. The van der Waals surface area contributed by atoms with Gasteiger partial charge in [-0.25, -0.2) is 9.18 Å². The minimum absolute atomic E-state index is 0.0113. The summed E-state index contributed by atoms with van der Waals surface area (Å²) in [5, 5.41) is 9.42. The molecule has 29 heavy (non-hydrogen) atoms. The second-order valence-corrected chi connectivity index (χ2v) is 6.38. The van der Waals surface area contributed by atoms with Gasteiger partial charge in [-0.05, 0) is 41.3 Å². The Morgan fingerprint density at radius 2 is 2.07 bits per heavy atom. The molecule has 0 heterocycles. The molecule has 5 nitrogen and oxygen atoms in total. The lowest BCUT2D eigenvalue weighted by Gasteiger charge is -2.18. The van der Waals surface area contributed by atoms with Crippen molar-refractivity contribution in [2.75, 3.05) is 20.5 Å². The van der Waals surface area contributed by atoms with Crippen LogP contribution in [0.25, 0.3) is 11.1 Å². The van der Waals surface area contributed by atoms with E-state index in [1.165, 1.54) is 19.2 Å². The highest BCUT2D eigenvalue weighted by Gasteiger charge is 2.28. The summed E-state index contributed by atoms with van der Waals surface area (Å²) in [6, 6.07) is 12.5. The first kappa shape index (κ1) is 20.3. The fourth-order valence-corrected chi connectivity index (χ4v) is 3.33. The Kier molecular flexibility index (Phi) is 6.10. The van der Waals surface area contributed by atoms with Crippen LogP contribution in [0.1, 0.15) is 39.9 Å². The number of allylic oxidation sites excluding steroid dienone is 3. The summed E-state index contributed by atoms with van der Waals surface area (Å²) in [7, 11) is 1.42. The summed E-state index contributed by atoms with van der Waals surface area (Å²) in [5.41, 5.74) is 3.05. The Hall–Kier alpha value is -3.43. The molecule has 0 aromatic heterocycles. The third-order valence-electron chi connectivity index (χ3n) is 4.65. The number of carbonyl (C=O) groups is 1. The lowest BCUT2D eigenvalue weighted by atomic mass is 9.88.